The number of hydrogen-bond acceptors (Lipinski definition) is 7. The van der Waals surface area contributed by atoms with Crippen LogP contribution in [0.2, 0.25) is 5.02 Å². The minimum absolute atomic E-state index is 0.0194. The van der Waals surface area contributed by atoms with Gasteiger partial charge in [0, 0.05) is 17.1 Å². The Morgan fingerprint density at radius 3 is 2.31 bits per heavy atom. The highest BCUT2D eigenvalue weighted by Gasteiger charge is 2.39. The van der Waals surface area contributed by atoms with Gasteiger partial charge < -0.3 is 16.0 Å². The van der Waals surface area contributed by atoms with E-state index >= 15 is 0 Å². The number of halogens is 4. The fraction of sp³-hybridized carbons (Fsp3) is 0.500. The van der Waals surface area contributed by atoms with E-state index in [0.29, 0.717) is 12.8 Å². The molecule has 2 heterocycles. The first-order valence-corrected chi connectivity index (χ1v) is 10.2. The van der Waals surface area contributed by atoms with Crippen molar-refractivity contribution in [3.05, 3.63) is 45.2 Å². The minimum atomic E-state index is -4.60. The Bertz CT molecular complexity index is 1010. The molecule has 1 aromatic heterocycles. The van der Waals surface area contributed by atoms with E-state index < -0.39 is 22.4 Å². The number of nitrogens with one attached hydrogen (secondary N) is 3. The van der Waals surface area contributed by atoms with E-state index in [1.165, 1.54) is 0 Å². The highest BCUT2D eigenvalue weighted by atomic mass is 35.5. The SMILES string of the molecule is CC1(C)CC(Nc2ncnc(Nc3cc(C(F)(F)F)ccc3Cl)c2[N+](=O)[O-])CC(C)(C)N1. The van der Waals surface area contributed by atoms with Crippen molar-refractivity contribution in [2.75, 3.05) is 10.6 Å². The van der Waals surface area contributed by atoms with Crippen LogP contribution in [-0.4, -0.2) is 32.0 Å². The fourth-order valence-corrected chi connectivity index (χ4v) is 4.46. The third-order valence-corrected chi connectivity index (χ3v) is 5.41. The van der Waals surface area contributed by atoms with E-state index in [2.05, 4.69) is 25.9 Å². The standard InChI is InChI=1S/C20H24ClF3N6O2/c1-18(2)8-12(9-19(3,4)29-18)27-16-15(30(31)32)17(26-10-25-16)28-14-7-11(20(22,23)24)5-6-13(14)21/h5-7,10,12,29H,8-9H2,1-4H3,(H2,25,26,27,28). The van der Waals surface area contributed by atoms with Crippen molar-refractivity contribution in [2.45, 2.75) is 63.8 Å². The number of nitro groups is 1. The molecule has 0 bridgehead atoms. The van der Waals surface area contributed by atoms with E-state index in [1.54, 1.807) is 0 Å². The number of nitrogens with zero attached hydrogens (tertiary/aromatic N) is 3. The van der Waals surface area contributed by atoms with Crippen LogP contribution < -0.4 is 16.0 Å². The lowest BCUT2D eigenvalue weighted by molar-refractivity contribution is -0.383. The van der Waals surface area contributed by atoms with Crippen molar-refractivity contribution >= 4 is 34.6 Å². The molecule has 0 unspecified atom stereocenters. The van der Waals surface area contributed by atoms with Gasteiger partial charge in [0.2, 0.25) is 11.6 Å². The second-order valence-electron chi connectivity index (χ2n) is 9.14. The molecule has 1 aliphatic heterocycles. The Morgan fingerprint density at radius 1 is 1.16 bits per heavy atom. The number of alkyl halides is 3. The second-order valence-corrected chi connectivity index (χ2v) is 9.54. The molecule has 3 N–H and O–H groups in total. The Kier molecular flexibility index (Phi) is 6.27. The Morgan fingerprint density at radius 2 is 1.75 bits per heavy atom. The molecular weight excluding hydrogens is 449 g/mol. The van der Waals surface area contributed by atoms with Crippen LogP contribution in [0, 0.1) is 10.1 Å². The van der Waals surface area contributed by atoms with Crippen LogP contribution in [0.4, 0.5) is 36.2 Å². The summed E-state index contributed by atoms with van der Waals surface area (Å²) in [7, 11) is 0. The predicted octanol–water partition coefficient (Wildman–Crippen LogP) is 5.52. The number of aromatic nitrogens is 2. The summed E-state index contributed by atoms with van der Waals surface area (Å²) >= 11 is 6.02. The van der Waals surface area contributed by atoms with Gasteiger partial charge in [0.1, 0.15) is 6.33 Å². The highest BCUT2D eigenvalue weighted by Crippen LogP contribution is 2.38. The van der Waals surface area contributed by atoms with Gasteiger partial charge in [0.15, 0.2) is 0 Å². The molecule has 32 heavy (non-hydrogen) atoms. The molecule has 1 fully saturated rings. The highest BCUT2D eigenvalue weighted by molar-refractivity contribution is 6.33. The van der Waals surface area contributed by atoms with E-state index in [1.807, 2.05) is 27.7 Å². The quantitative estimate of drug-likeness (QED) is 0.388. The van der Waals surface area contributed by atoms with Gasteiger partial charge in [0.05, 0.1) is 21.2 Å². The lowest BCUT2D eigenvalue weighted by Crippen LogP contribution is -2.60. The summed E-state index contributed by atoms with van der Waals surface area (Å²) in [6.45, 7) is 8.17. The fourth-order valence-electron chi connectivity index (χ4n) is 4.29. The molecule has 8 nitrogen and oxygen atoms in total. The third-order valence-electron chi connectivity index (χ3n) is 5.08. The molecule has 1 aliphatic rings. The number of rotatable bonds is 5. The van der Waals surface area contributed by atoms with Gasteiger partial charge >= 0.3 is 11.9 Å². The summed E-state index contributed by atoms with van der Waals surface area (Å²) in [4.78, 5) is 19.1. The molecule has 0 saturated carbocycles. The number of piperidine rings is 1. The van der Waals surface area contributed by atoms with Crippen molar-refractivity contribution in [1.29, 1.82) is 0 Å². The summed E-state index contributed by atoms with van der Waals surface area (Å²) < 4.78 is 39.2. The average Bonchev–Trinajstić information content (AvgIpc) is 2.59. The van der Waals surface area contributed by atoms with Crippen LogP contribution in [0.3, 0.4) is 0 Å². The maximum Gasteiger partial charge on any atom is 0.416 e. The zero-order chi connectivity index (χ0) is 23.9. The molecule has 1 aromatic carbocycles. The lowest BCUT2D eigenvalue weighted by atomic mass is 9.79. The van der Waals surface area contributed by atoms with Gasteiger partial charge in [-0.15, -0.1) is 0 Å². The minimum Gasteiger partial charge on any atom is -0.361 e. The zero-order valence-electron chi connectivity index (χ0n) is 18.0. The average molecular weight is 473 g/mol. The summed E-state index contributed by atoms with van der Waals surface area (Å²) in [5.41, 5.74) is -2.01. The maximum atomic E-state index is 13.1. The van der Waals surface area contributed by atoms with Gasteiger partial charge in [-0.1, -0.05) is 11.6 Å². The number of benzene rings is 1. The first kappa shape index (κ1) is 24.0. The monoisotopic (exact) mass is 472 g/mol. The molecule has 1 saturated heterocycles. The Balaban J connectivity index is 1.95. The predicted molar refractivity (Wildman–Crippen MR) is 116 cm³/mol. The van der Waals surface area contributed by atoms with Gasteiger partial charge in [-0.2, -0.15) is 13.2 Å². The van der Waals surface area contributed by atoms with Crippen molar-refractivity contribution in [2.24, 2.45) is 0 Å². The molecule has 0 radical (unpaired) electrons. The first-order valence-electron chi connectivity index (χ1n) is 9.86. The molecule has 174 valence electrons. The smallest absolute Gasteiger partial charge is 0.361 e. The van der Waals surface area contributed by atoms with Crippen LogP contribution >= 0.6 is 11.6 Å². The Hall–Kier alpha value is -2.66. The molecule has 0 atom stereocenters. The maximum absolute atomic E-state index is 13.1. The van der Waals surface area contributed by atoms with E-state index in [0.717, 1.165) is 24.5 Å². The summed E-state index contributed by atoms with van der Waals surface area (Å²) in [5.74, 6) is -0.282. The molecular formula is C20H24ClF3N6O2. The van der Waals surface area contributed by atoms with Crippen molar-refractivity contribution in [3.63, 3.8) is 0 Å². The molecule has 0 spiro atoms. The zero-order valence-corrected chi connectivity index (χ0v) is 18.7. The van der Waals surface area contributed by atoms with E-state index in [-0.39, 0.29) is 39.5 Å². The van der Waals surface area contributed by atoms with Crippen molar-refractivity contribution in [3.8, 4) is 0 Å². The first-order chi connectivity index (χ1) is 14.7. The number of anilines is 3. The van der Waals surface area contributed by atoms with Crippen LogP contribution in [-0.2, 0) is 6.18 Å². The molecule has 0 amide bonds. The summed E-state index contributed by atoms with van der Waals surface area (Å²) in [6, 6.07) is 2.55. The van der Waals surface area contributed by atoms with E-state index in [4.69, 9.17) is 11.6 Å². The third kappa shape index (κ3) is 5.57. The van der Waals surface area contributed by atoms with Crippen LogP contribution in [0.5, 0.6) is 0 Å². The Labute approximate surface area is 188 Å². The molecule has 12 heteroatoms. The van der Waals surface area contributed by atoms with Crippen LogP contribution in [0.15, 0.2) is 24.5 Å². The molecule has 2 aromatic rings. The lowest BCUT2D eigenvalue weighted by Gasteiger charge is -2.46. The normalized spacial score (nSPS) is 18.2. The van der Waals surface area contributed by atoms with Crippen LogP contribution in [0.1, 0.15) is 46.1 Å². The van der Waals surface area contributed by atoms with Crippen molar-refractivity contribution in [1.82, 2.24) is 15.3 Å². The summed E-state index contributed by atoms with van der Waals surface area (Å²) in [6.07, 6.45) is -2.13. The van der Waals surface area contributed by atoms with Gasteiger partial charge in [0.25, 0.3) is 0 Å². The second kappa shape index (κ2) is 8.36. The largest absolute Gasteiger partial charge is 0.416 e. The topological polar surface area (TPSA) is 105 Å². The van der Waals surface area contributed by atoms with E-state index in [9.17, 15) is 23.3 Å². The van der Waals surface area contributed by atoms with Crippen LogP contribution in [0.25, 0.3) is 0 Å². The van der Waals surface area contributed by atoms with Gasteiger partial charge in [-0.05, 0) is 58.7 Å². The van der Waals surface area contributed by atoms with Gasteiger partial charge in [-0.3, -0.25) is 10.1 Å². The van der Waals surface area contributed by atoms with Gasteiger partial charge in [-0.25, -0.2) is 9.97 Å². The summed E-state index contributed by atoms with van der Waals surface area (Å²) in [5, 5.41) is 21.0. The molecule has 3 rings (SSSR count). The molecule has 0 aliphatic carbocycles. The number of hydrogen-bond donors (Lipinski definition) is 3. The van der Waals surface area contributed by atoms with Crippen molar-refractivity contribution < 1.29 is 18.1 Å².